The van der Waals surface area contributed by atoms with Gasteiger partial charge in [0.2, 0.25) is 10.0 Å². The van der Waals surface area contributed by atoms with E-state index in [4.69, 9.17) is 0 Å². The highest BCUT2D eigenvalue weighted by molar-refractivity contribution is 7.89. The number of benzene rings is 1. The highest BCUT2D eigenvalue weighted by atomic mass is 32.2. The lowest BCUT2D eigenvalue weighted by Gasteiger charge is -2.31. The second-order valence-electron chi connectivity index (χ2n) is 7.80. The van der Waals surface area contributed by atoms with E-state index in [0.717, 1.165) is 51.6 Å². The van der Waals surface area contributed by atoms with E-state index in [9.17, 15) is 13.2 Å². The molecule has 0 bridgehead atoms. The maximum atomic E-state index is 13.2. The van der Waals surface area contributed by atoms with E-state index in [1.807, 2.05) is 11.8 Å². The normalized spacial score (nSPS) is 22.8. The molecule has 1 aromatic carbocycles. The second kappa shape index (κ2) is 8.09. The molecule has 26 heavy (non-hydrogen) atoms. The topological polar surface area (TPSA) is 57.7 Å². The molecule has 1 unspecified atom stereocenters. The zero-order valence-corrected chi connectivity index (χ0v) is 16.7. The van der Waals surface area contributed by atoms with E-state index in [-0.39, 0.29) is 10.8 Å². The van der Waals surface area contributed by atoms with Crippen LogP contribution >= 0.6 is 0 Å². The molecule has 2 fully saturated rings. The summed E-state index contributed by atoms with van der Waals surface area (Å²) in [6, 6.07) is 5.13. The lowest BCUT2D eigenvalue weighted by molar-refractivity contribution is 0.0683. The van der Waals surface area contributed by atoms with Gasteiger partial charge >= 0.3 is 0 Å². The van der Waals surface area contributed by atoms with Crippen molar-refractivity contribution in [3.63, 3.8) is 0 Å². The van der Waals surface area contributed by atoms with Gasteiger partial charge in [0.05, 0.1) is 4.90 Å². The Morgan fingerprint density at radius 3 is 2.38 bits per heavy atom. The number of nitrogens with zero attached hydrogens (tertiary/aromatic N) is 2. The van der Waals surface area contributed by atoms with Crippen LogP contribution < -0.4 is 0 Å². The van der Waals surface area contributed by atoms with Crippen molar-refractivity contribution in [2.75, 3.05) is 26.2 Å². The van der Waals surface area contributed by atoms with E-state index < -0.39 is 10.0 Å². The summed E-state index contributed by atoms with van der Waals surface area (Å²) in [5.41, 5.74) is 1.19. The zero-order valence-electron chi connectivity index (χ0n) is 15.9. The molecule has 144 valence electrons. The van der Waals surface area contributed by atoms with E-state index in [1.54, 1.807) is 22.5 Å². The Labute approximate surface area is 157 Å². The summed E-state index contributed by atoms with van der Waals surface area (Å²) in [7, 11) is -3.55. The van der Waals surface area contributed by atoms with Crippen molar-refractivity contribution in [2.24, 2.45) is 5.92 Å². The minimum absolute atomic E-state index is 0.0520. The quantitative estimate of drug-likeness (QED) is 0.810. The smallest absolute Gasteiger partial charge is 0.253 e. The second-order valence-corrected chi connectivity index (χ2v) is 9.70. The molecule has 2 heterocycles. The van der Waals surface area contributed by atoms with Crippen LogP contribution in [0.15, 0.2) is 23.1 Å². The monoisotopic (exact) mass is 378 g/mol. The minimum atomic E-state index is -3.55. The third-order valence-corrected chi connectivity index (χ3v) is 7.60. The SMILES string of the molecule is Cc1ccc(C(=O)N2CCCC(C)C2)cc1S(=O)(=O)N1CCCCCC1. The van der Waals surface area contributed by atoms with Gasteiger partial charge in [0.15, 0.2) is 0 Å². The number of sulfonamides is 1. The number of aryl methyl sites for hydroxylation is 1. The molecular weight excluding hydrogens is 348 g/mol. The summed E-state index contributed by atoms with van der Waals surface area (Å²) in [5, 5.41) is 0. The Hall–Kier alpha value is -1.40. The molecule has 6 heteroatoms. The Bertz CT molecular complexity index is 752. The van der Waals surface area contributed by atoms with Crippen molar-refractivity contribution >= 4 is 15.9 Å². The number of carbonyl (C=O) groups excluding carboxylic acids is 1. The molecule has 0 N–H and O–H groups in total. The number of amides is 1. The molecule has 5 nitrogen and oxygen atoms in total. The van der Waals surface area contributed by atoms with Gasteiger partial charge in [-0.2, -0.15) is 4.31 Å². The Balaban J connectivity index is 1.88. The fourth-order valence-electron chi connectivity index (χ4n) is 3.99. The fraction of sp³-hybridized carbons (Fsp3) is 0.650. The van der Waals surface area contributed by atoms with Gasteiger partial charge < -0.3 is 4.90 Å². The van der Waals surface area contributed by atoms with Crippen LogP contribution in [0.1, 0.15) is 61.4 Å². The maximum absolute atomic E-state index is 13.2. The number of hydrogen-bond acceptors (Lipinski definition) is 3. The van der Waals surface area contributed by atoms with Crippen LogP contribution in [0.25, 0.3) is 0 Å². The third-order valence-electron chi connectivity index (χ3n) is 5.56. The lowest BCUT2D eigenvalue weighted by atomic mass is 9.99. The molecule has 1 aromatic rings. The van der Waals surface area contributed by atoms with Crippen LogP contribution in [0.2, 0.25) is 0 Å². The van der Waals surface area contributed by atoms with Gasteiger partial charge in [0.1, 0.15) is 0 Å². The molecule has 2 aliphatic heterocycles. The van der Waals surface area contributed by atoms with Crippen LogP contribution in [0.5, 0.6) is 0 Å². The third kappa shape index (κ3) is 4.12. The van der Waals surface area contributed by atoms with Crippen LogP contribution in [0.4, 0.5) is 0 Å². The van der Waals surface area contributed by atoms with Crippen LogP contribution in [-0.4, -0.2) is 49.7 Å². The zero-order chi connectivity index (χ0) is 18.7. The summed E-state index contributed by atoms with van der Waals surface area (Å²) in [6.07, 6.45) is 6.13. The first kappa shape index (κ1) is 19.4. The van der Waals surface area contributed by atoms with Crippen LogP contribution in [0.3, 0.4) is 0 Å². The average molecular weight is 379 g/mol. The molecule has 0 saturated carbocycles. The van der Waals surface area contributed by atoms with Crippen LogP contribution in [-0.2, 0) is 10.0 Å². The predicted molar refractivity (Wildman–Crippen MR) is 103 cm³/mol. The first-order valence-electron chi connectivity index (χ1n) is 9.79. The van der Waals surface area contributed by atoms with Gasteiger partial charge in [-0.05, 0) is 56.2 Å². The van der Waals surface area contributed by atoms with Gasteiger partial charge in [0, 0.05) is 31.7 Å². The fourth-order valence-corrected chi connectivity index (χ4v) is 5.76. The lowest BCUT2D eigenvalue weighted by Crippen LogP contribution is -2.39. The van der Waals surface area contributed by atoms with E-state index in [1.165, 1.54) is 0 Å². The summed E-state index contributed by atoms with van der Waals surface area (Å²) >= 11 is 0. The number of rotatable bonds is 3. The molecule has 0 spiro atoms. The summed E-state index contributed by atoms with van der Waals surface area (Å²) in [4.78, 5) is 15.0. The van der Waals surface area contributed by atoms with Gasteiger partial charge in [0.25, 0.3) is 5.91 Å². The van der Waals surface area contributed by atoms with Crippen molar-refractivity contribution in [3.8, 4) is 0 Å². The van der Waals surface area contributed by atoms with Crippen molar-refractivity contribution in [3.05, 3.63) is 29.3 Å². The highest BCUT2D eigenvalue weighted by Gasteiger charge is 2.29. The minimum Gasteiger partial charge on any atom is -0.338 e. The molecular formula is C20H30N2O3S. The standard InChI is InChI=1S/C20H30N2O3S/c1-16-8-7-11-21(15-16)20(23)18-10-9-17(2)19(14-18)26(24,25)22-12-5-3-4-6-13-22/h9-10,14,16H,3-8,11-13,15H2,1-2H3. The maximum Gasteiger partial charge on any atom is 0.253 e. The number of piperidine rings is 1. The van der Waals surface area contributed by atoms with Gasteiger partial charge in [-0.3, -0.25) is 4.79 Å². The Morgan fingerprint density at radius 1 is 1.04 bits per heavy atom. The van der Waals surface area contributed by atoms with Gasteiger partial charge in [-0.25, -0.2) is 8.42 Å². The summed E-state index contributed by atoms with van der Waals surface area (Å²) < 4.78 is 27.9. The van der Waals surface area contributed by atoms with Crippen LogP contribution in [0, 0.1) is 12.8 Å². The molecule has 0 aliphatic carbocycles. The van der Waals surface area contributed by atoms with E-state index >= 15 is 0 Å². The summed E-state index contributed by atoms with van der Waals surface area (Å²) in [6.45, 7) is 6.62. The Kier molecular flexibility index (Phi) is 6.03. The van der Waals surface area contributed by atoms with E-state index in [2.05, 4.69) is 6.92 Å². The molecule has 1 atom stereocenters. The molecule has 3 rings (SSSR count). The average Bonchev–Trinajstić information content (AvgIpc) is 2.91. The van der Waals surface area contributed by atoms with Crippen molar-refractivity contribution in [2.45, 2.75) is 57.3 Å². The first-order chi connectivity index (χ1) is 12.4. The van der Waals surface area contributed by atoms with Gasteiger partial charge in [-0.1, -0.05) is 25.8 Å². The number of likely N-dealkylation sites (tertiary alicyclic amines) is 1. The van der Waals surface area contributed by atoms with Crippen molar-refractivity contribution < 1.29 is 13.2 Å². The molecule has 2 aliphatic rings. The first-order valence-corrected chi connectivity index (χ1v) is 11.2. The number of hydrogen-bond donors (Lipinski definition) is 0. The molecule has 0 aromatic heterocycles. The van der Waals surface area contributed by atoms with Crippen molar-refractivity contribution in [1.29, 1.82) is 0 Å². The van der Waals surface area contributed by atoms with E-state index in [0.29, 0.717) is 30.1 Å². The molecule has 1 amide bonds. The van der Waals surface area contributed by atoms with Gasteiger partial charge in [-0.15, -0.1) is 0 Å². The largest absolute Gasteiger partial charge is 0.338 e. The number of carbonyl (C=O) groups is 1. The molecule has 2 saturated heterocycles. The van der Waals surface area contributed by atoms with Crippen molar-refractivity contribution in [1.82, 2.24) is 9.21 Å². The Morgan fingerprint density at radius 2 is 1.73 bits per heavy atom. The highest BCUT2D eigenvalue weighted by Crippen LogP contribution is 2.25. The summed E-state index contributed by atoms with van der Waals surface area (Å²) in [5.74, 6) is 0.447. The predicted octanol–water partition coefficient (Wildman–Crippen LogP) is 3.43. The molecule has 0 radical (unpaired) electrons.